The molecule has 2 rings (SSSR count). The highest BCUT2D eigenvalue weighted by molar-refractivity contribution is 7.09. The Morgan fingerprint density at radius 2 is 2.05 bits per heavy atom. The fourth-order valence-corrected chi connectivity index (χ4v) is 2.56. The number of hydrogen-bond acceptors (Lipinski definition) is 4. The molecule has 0 bridgehead atoms. The van der Waals surface area contributed by atoms with Crippen LogP contribution in [0.3, 0.4) is 0 Å². The Balaban J connectivity index is 2.14. The van der Waals surface area contributed by atoms with E-state index in [1.165, 1.54) is 12.1 Å². The van der Waals surface area contributed by atoms with Gasteiger partial charge in [0.1, 0.15) is 12.4 Å². The molecule has 1 aromatic carbocycles. The maximum atomic E-state index is 13.0. The number of nitrogens with zero attached hydrogens (tertiary/aromatic N) is 1. The van der Waals surface area contributed by atoms with E-state index >= 15 is 0 Å². The van der Waals surface area contributed by atoms with Crippen LogP contribution in [0, 0.1) is 5.82 Å². The first-order valence-corrected chi connectivity index (χ1v) is 7.25. The van der Waals surface area contributed by atoms with Gasteiger partial charge in [0.25, 0.3) is 0 Å². The quantitative estimate of drug-likeness (QED) is 0.764. The van der Waals surface area contributed by atoms with E-state index < -0.39 is 0 Å². The van der Waals surface area contributed by atoms with E-state index in [2.05, 4.69) is 0 Å². The fraction of sp³-hybridized carbons (Fsp3) is 0.267. The minimum Gasteiger partial charge on any atom is -0.465 e. The van der Waals surface area contributed by atoms with Crippen molar-refractivity contribution in [2.24, 2.45) is 0 Å². The van der Waals surface area contributed by atoms with Crippen LogP contribution in [-0.2, 0) is 16.1 Å². The first kappa shape index (κ1) is 14.5. The van der Waals surface area contributed by atoms with Gasteiger partial charge in [-0.2, -0.15) is 0 Å². The molecule has 0 aliphatic carbocycles. The van der Waals surface area contributed by atoms with Gasteiger partial charge >= 0.3 is 5.97 Å². The number of thiophene rings is 1. The predicted octanol–water partition coefficient (Wildman–Crippen LogP) is 3.46. The van der Waals surface area contributed by atoms with E-state index in [9.17, 15) is 9.18 Å². The Hall–Kier alpha value is -1.88. The van der Waals surface area contributed by atoms with Crippen molar-refractivity contribution >= 4 is 23.0 Å². The van der Waals surface area contributed by atoms with E-state index in [1.54, 1.807) is 30.4 Å². The lowest BCUT2D eigenvalue weighted by Gasteiger charge is -2.23. The van der Waals surface area contributed by atoms with Gasteiger partial charge < -0.3 is 9.64 Å². The molecule has 1 aromatic heterocycles. The molecule has 0 atom stereocenters. The lowest BCUT2D eigenvalue weighted by atomic mass is 10.2. The number of hydrogen-bond donors (Lipinski definition) is 0. The molecule has 0 spiro atoms. The van der Waals surface area contributed by atoms with Crippen LogP contribution in [0.25, 0.3) is 0 Å². The normalized spacial score (nSPS) is 10.3. The molecule has 106 valence electrons. The number of benzene rings is 1. The average molecular weight is 293 g/mol. The highest BCUT2D eigenvalue weighted by Gasteiger charge is 2.13. The lowest BCUT2D eigenvalue weighted by Crippen LogP contribution is -2.30. The van der Waals surface area contributed by atoms with Crippen molar-refractivity contribution in [3.05, 3.63) is 52.5 Å². The van der Waals surface area contributed by atoms with Gasteiger partial charge in [-0.05, 0) is 42.6 Å². The monoisotopic (exact) mass is 293 g/mol. The summed E-state index contributed by atoms with van der Waals surface area (Å²) in [5.41, 5.74) is 0.799. The zero-order valence-electron chi connectivity index (χ0n) is 11.2. The number of ether oxygens (including phenoxy) is 1. The van der Waals surface area contributed by atoms with Crippen LogP contribution in [0.4, 0.5) is 10.1 Å². The number of carbonyl (C=O) groups excluding carboxylic acids is 1. The third-order valence-corrected chi connectivity index (χ3v) is 3.61. The van der Waals surface area contributed by atoms with E-state index in [4.69, 9.17) is 4.74 Å². The van der Waals surface area contributed by atoms with Crippen LogP contribution in [0.1, 0.15) is 11.8 Å². The predicted molar refractivity (Wildman–Crippen MR) is 78.4 cm³/mol. The summed E-state index contributed by atoms with van der Waals surface area (Å²) >= 11 is 1.62. The van der Waals surface area contributed by atoms with E-state index in [0.29, 0.717) is 13.2 Å². The molecule has 1 heterocycles. The second-order valence-electron chi connectivity index (χ2n) is 4.22. The largest absolute Gasteiger partial charge is 0.465 e. The first-order valence-electron chi connectivity index (χ1n) is 6.37. The summed E-state index contributed by atoms with van der Waals surface area (Å²) in [5.74, 6) is -0.575. The van der Waals surface area contributed by atoms with Crippen molar-refractivity contribution in [1.29, 1.82) is 0 Å². The number of halogens is 1. The highest BCUT2D eigenvalue weighted by atomic mass is 32.1. The molecule has 2 aromatic rings. The Kier molecular flexibility index (Phi) is 5.12. The molecule has 0 saturated heterocycles. The van der Waals surface area contributed by atoms with Crippen LogP contribution < -0.4 is 4.90 Å². The van der Waals surface area contributed by atoms with E-state index in [0.717, 1.165) is 10.6 Å². The fourth-order valence-electron chi connectivity index (χ4n) is 1.84. The number of anilines is 1. The molecule has 0 amide bonds. The van der Waals surface area contributed by atoms with E-state index in [1.807, 2.05) is 22.4 Å². The van der Waals surface area contributed by atoms with Crippen LogP contribution in [0.15, 0.2) is 41.8 Å². The van der Waals surface area contributed by atoms with Crippen LogP contribution in [0.5, 0.6) is 0 Å². The zero-order chi connectivity index (χ0) is 14.4. The second-order valence-corrected chi connectivity index (χ2v) is 5.25. The summed E-state index contributed by atoms with van der Waals surface area (Å²) < 4.78 is 18.0. The molecule has 5 heteroatoms. The van der Waals surface area contributed by atoms with Crippen molar-refractivity contribution in [3.8, 4) is 0 Å². The summed E-state index contributed by atoms with van der Waals surface area (Å²) in [6.07, 6.45) is 0. The van der Waals surface area contributed by atoms with E-state index in [-0.39, 0.29) is 18.3 Å². The molecule has 0 radical (unpaired) electrons. The SMILES string of the molecule is CCOC(=O)CN(Cc1cccs1)c1ccc(F)cc1. The van der Waals surface area contributed by atoms with Gasteiger partial charge in [0.2, 0.25) is 0 Å². The van der Waals surface area contributed by atoms with Crippen molar-refractivity contribution < 1.29 is 13.9 Å². The van der Waals surface area contributed by atoms with Gasteiger partial charge in [-0.25, -0.2) is 4.39 Å². The standard InChI is InChI=1S/C15H16FNO2S/c1-2-19-15(18)11-17(10-14-4-3-9-20-14)13-7-5-12(16)6-8-13/h3-9H,2,10-11H2,1H3. The molecular formula is C15H16FNO2S. The molecular weight excluding hydrogens is 277 g/mol. The van der Waals surface area contributed by atoms with Crippen molar-refractivity contribution in [3.63, 3.8) is 0 Å². The lowest BCUT2D eigenvalue weighted by molar-refractivity contribution is -0.141. The van der Waals surface area contributed by atoms with Gasteiger partial charge in [-0.15, -0.1) is 11.3 Å². The summed E-state index contributed by atoms with van der Waals surface area (Å²) in [6, 6.07) is 10.1. The van der Waals surface area contributed by atoms with Crippen LogP contribution >= 0.6 is 11.3 Å². The molecule has 0 aliphatic heterocycles. The molecule has 0 aliphatic rings. The third kappa shape index (κ3) is 4.06. The molecule has 20 heavy (non-hydrogen) atoms. The second kappa shape index (κ2) is 7.05. The van der Waals surface area contributed by atoms with Gasteiger partial charge in [-0.3, -0.25) is 4.79 Å². The van der Waals surface area contributed by atoms with Gasteiger partial charge in [0.05, 0.1) is 13.2 Å². The average Bonchev–Trinajstić information content (AvgIpc) is 2.92. The highest BCUT2D eigenvalue weighted by Crippen LogP contribution is 2.20. The maximum absolute atomic E-state index is 13.0. The molecule has 0 saturated carbocycles. The van der Waals surface area contributed by atoms with Gasteiger partial charge in [0.15, 0.2) is 0 Å². The summed E-state index contributed by atoms with van der Waals surface area (Å²) in [5, 5.41) is 1.99. The van der Waals surface area contributed by atoms with Crippen molar-refractivity contribution in [1.82, 2.24) is 0 Å². The number of esters is 1. The first-order chi connectivity index (χ1) is 9.69. The summed E-state index contributed by atoms with van der Waals surface area (Å²) in [4.78, 5) is 14.7. The molecule has 0 N–H and O–H groups in total. The Labute approximate surface area is 121 Å². The molecule has 3 nitrogen and oxygen atoms in total. The zero-order valence-corrected chi connectivity index (χ0v) is 12.0. The number of carbonyl (C=O) groups is 1. The van der Waals surface area contributed by atoms with Gasteiger partial charge in [-0.1, -0.05) is 6.07 Å². The summed E-state index contributed by atoms with van der Waals surface area (Å²) in [6.45, 7) is 2.88. The smallest absolute Gasteiger partial charge is 0.325 e. The van der Waals surface area contributed by atoms with Crippen molar-refractivity contribution in [2.75, 3.05) is 18.1 Å². The topological polar surface area (TPSA) is 29.5 Å². The maximum Gasteiger partial charge on any atom is 0.325 e. The Bertz CT molecular complexity index is 540. The molecule has 0 unspecified atom stereocenters. The van der Waals surface area contributed by atoms with Gasteiger partial charge in [0, 0.05) is 10.6 Å². The van der Waals surface area contributed by atoms with Crippen LogP contribution in [-0.4, -0.2) is 19.1 Å². The molecule has 0 fully saturated rings. The third-order valence-electron chi connectivity index (χ3n) is 2.74. The minimum atomic E-state index is -0.291. The minimum absolute atomic E-state index is 0.150. The van der Waals surface area contributed by atoms with Crippen molar-refractivity contribution in [2.45, 2.75) is 13.5 Å². The van der Waals surface area contributed by atoms with Crippen LogP contribution in [0.2, 0.25) is 0 Å². The summed E-state index contributed by atoms with van der Waals surface area (Å²) in [7, 11) is 0. The Morgan fingerprint density at radius 1 is 1.30 bits per heavy atom. The Morgan fingerprint density at radius 3 is 2.65 bits per heavy atom. The number of rotatable bonds is 6.